The van der Waals surface area contributed by atoms with Gasteiger partial charge in [0.1, 0.15) is 22.2 Å². The highest BCUT2D eigenvalue weighted by Crippen LogP contribution is 2.28. The number of rotatable bonds is 8. The molecule has 1 aliphatic rings. The maximum absolute atomic E-state index is 13.0. The van der Waals surface area contributed by atoms with E-state index in [4.69, 9.17) is 9.47 Å². The fraction of sp³-hybridized carbons (Fsp3) is 0.350. The first-order valence-corrected chi connectivity index (χ1v) is 10.5. The number of nitrogens with one attached hydrogen (secondary N) is 1. The topological polar surface area (TPSA) is 84.9 Å². The van der Waals surface area contributed by atoms with Crippen molar-refractivity contribution in [3.8, 4) is 11.5 Å². The van der Waals surface area contributed by atoms with Crippen LogP contribution in [0, 0.1) is 11.7 Å². The smallest absolute Gasteiger partial charge is 0.244 e. The van der Waals surface area contributed by atoms with Crippen LogP contribution in [0.15, 0.2) is 47.4 Å². The Balaban J connectivity index is 1.64. The lowest BCUT2D eigenvalue weighted by atomic mass is 10.1. The van der Waals surface area contributed by atoms with Crippen molar-refractivity contribution < 1.29 is 27.1 Å². The molecule has 9 heteroatoms. The summed E-state index contributed by atoms with van der Waals surface area (Å²) in [5, 5.41) is 0. The first-order chi connectivity index (χ1) is 13.8. The Morgan fingerprint density at radius 1 is 1.14 bits per heavy atom. The lowest BCUT2D eigenvalue weighted by Gasteiger charge is -2.17. The summed E-state index contributed by atoms with van der Waals surface area (Å²) < 4.78 is 51.3. The molecule has 0 bridgehead atoms. The maximum atomic E-state index is 13.0. The van der Waals surface area contributed by atoms with Crippen LogP contribution in [0.2, 0.25) is 0 Å². The van der Waals surface area contributed by atoms with Gasteiger partial charge in [-0.25, -0.2) is 17.5 Å². The first-order valence-electron chi connectivity index (χ1n) is 9.06. The van der Waals surface area contributed by atoms with Gasteiger partial charge in [-0.15, -0.1) is 0 Å². The summed E-state index contributed by atoms with van der Waals surface area (Å²) in [6, 6.07) is 10.5. The Morgan fingerprint density at radius 3 is 2.52 bits per heavy atom. The largest absolute Gasteiger partial charge is 0.497 e. The van der Waals surface area contributed by atoms with Crippen LogP contribution in [0.5, 0.6) is 11.5 Å². The number of sulfonamides is 1. The predicted octanol–water partition coefficient (Wildman–Crippen LogP) is 2.17. The van der Waals surface area contributed by atoms with E-state index in [0.717, 1.165) is 5.56 Å². The Labute approximate surface area is 169 Å². The minimum absolute atomic E-state index is 0.0214. The van der Waals surface area contributed by atoms with Crippen molar-refractivity contribution in [3.05, 3.63) is 53.8 Å². The second-order valence-electron chi connectivity index (χ2n) is 6.84. The van der Waals surface area contributed by atoms with Crippen LogP contribution < -0.4 is 14.2 Å². The van der Waals surface area contributed by atoms with E-state index in [9.17, 15) is 17.6 Å². The molecule has 1 fully saturated rings. The lowest BCUT2D eigenvalue weighted by molar-refractivity contribution is -0.128. The molecule has 1 N–H and O–H groups in total. The molecule has 1 aliphatic heterocycles. The zero-order valence-electron chi connectivity index (χ0n) is 16.2. The van der Waals surface area contributed by atoms with Gasteiger partial charge in [-0.05, 0) is 35.7 Å². The number of hydrogen-bond donors (Lipinski definition) is 1. The van der Waals surface area contributed by atoms with Crippen molar-refractivity contribution in [2.75, 3.05) is 27.3 Å². The van der Waals surface area contributed by atoms with E-state index in [1.54, 1.807) is 23.1 Å². The van der Waals surface area contributed by atoms with Crippen molar-refractivity contribution in [1.29, 1.82) is 0 Å². The molecule has 0 spiro atoms. The zero-order valence-corrected chi connectivity index (χ0v) is 17.0. The summed E-state index contributed by atoms with van der Waals surface area (Å²) in [6.07, 6.45) is 0.249. The van der Waals surface area contributed by atoms with E-state index in [1.165, 1.54) is 38.5 Å². The van der Waals surface area contributed by atoms with Crippen molar-refractivity contribution in [1.82, 2.24) is 9.62 Å². The molecule has 29 heavy (non-hydrogen) atoms. The molecular formula is C20H23FN2O5S. The zero-order chi connectivity index (χ0) is 21.0. The van der Waals surface area contributed by atoms with Crippen molar-refractivity contribution in [3.63, 3.8) is 0 Å². The normalized spacial score (nSPS) is 16.9. The second-order valence-corrected chi connectivity index (χ2v) is 8.57. The number of ether oxygens (including phenoxy) is 2. The first kappa shape index (κ1) is 21.1. The van der Waals surface area contributed by atoms with Gasteiger partial charge in [-0.2, -0.15) is 0 Å². The average molecular weight is 422 g/mol. The van der Waals surface area contributed by atoms with E-state index in [0.29, 0.717) is 18.8 Å². The summed E-state index contributed by atoms with van der Waals surface area (Å²) in [5.74, 6) is 0.0555. The number of likely N-dealkylation sites (tertiary alicyclic amines) is 1. The summed E-state index contributed by atoms with van der Waals surface area (Å²) in [7, 11) is -1.01. The SMILES string of the molecule is COc1ccc(OC)c(S(=O)(=O)NC[C@@H]2CC(=O)N(Cc3ccc(F)cc3)C2)c1. The summed E-state index contributed by atoms with van der Waals surface area (Å²) in [4.78, 5) is 13.9. The van der Waals surface area contributed by atoms with Gasteiger partial charge >= 0.3 is 0 Å². The number of amides is 1. The molecule has 2 aromatic rings. The molecule has 3 rings (SSSR count). The lowest BCUT2D eigenvalue weighted by Crippen LogP contribution is -2.31. The van der Waals surface area contributed by atoms with Gasteiger partial charge in [0.2, 0.25) is 15.9 Å². The third-order valence-electron chi connectivity index (χ3n) is 4.80. The number of methoxy groups -OCH3 is 2. The van der Waals surface area contributed by atoms with Crippen LogP contribution >= 0.6 is 0 Å². The standard InChI is InChI=1S/C20H23FN2O5S/c1-27-17-7-8-18(28-2)19(10-17)29(25,26)22-11-15-9-20(24)23(13-15)12-14-3-5-16(21)6-4-14/h3-8,10,15,22H,9,11-13H2,1-2H3/t15-/m0/s1. The Kier molecular flexibility index (Phi) is 6.39. The highest BCUT2D eigenvalue weighted by Gasteiger charge is 2.31. The molecule has 156 valence electrons. The van der Waals surface area contributed by atoms with Gasteiger partial charge in [0.15, 0.2) is 0 Å². The van der Waals surface area contributed by atoms with Crippen molar-refractivity contribution in [2.45, 2.75) is 17.9 Å². The average Bonchev–Trinajstić information content (AvgIpc) is 3.07. The molecule has 0 aliphatic carbocycles. The quantitative estimate of drug-likeness (QED) is 0.705. The van der Waals surface area contributed by atoms with E-state index in [-0.39, 0.29) is 41.3 Å². The van der Waals surface area contributed by atoms with Crippen LogP contribution in [0.4, 0.5) is 4.39 Å². The van der Waals surface area contributed by atoms with Gasteiger partial charge < -0.3 is 14.4 Å². The van der Waals surface area contributed by atoms with Gasteiger partial charge in [-0.3, -0.25) is 4.79 Å². The Hall–Kier alpha value is -2.65. The minimum Gasteiger partial charge on any atom is -0.497 e. The summed E-state index contributed by atoms with van der Waals surface area (Å²) in [6.45, 7) is 0.911. The van der Waals surface area contributed by atoms with Crippen LogP contribution in [-0.2, 0) is 21.4 Å². The molecule has 1 saturated heterocycles. The number of halogens is 1. The van der Waals surface area contributed by atoms with Gasteiger partial charge in [0.05, 0.1) is 14.2 Å². The molecule has 0 radical (unpaired) electrons. The number of nitrogens with zero attached hydrogens (tertiary/aromatic N) is 1. The summed E-state index contributed by atoms with van der Waals surface area (Å²) >= 11 is 0. The van der Waals surface area contributed by atoms with E-state index >= 15 is 0 Å². The van der Waals surface area contributed by atoms with E-state index in [2.05, 4.69) is 4.72 Å². The maximum Gasteiger partial charge on any atom is 0.244 e. The third-order valence-corrected chi connectivity index (χ3v) is 6.25. The predicted molar refractivity (Wildman–Crippen MR) is 105 cm³/mol. The highest BCUT2D eigenvalue weighted by molar-refractivity contribution is 7.89. The van der Waals surface area contributed by atoms with Crippen LogP contribution in [0.25, 0.3) is 0 Å². The molecule has 0 unspecified atom stereocenters. The van der Waals surface area contributed by atoms with Gasteiger partial charge in [0, 0.05) is 32.1 Å². The van der Waals surface area contributed by atoms with Gasteiger partial charge in [0.25, 0.3) is 0 Å². The Bertz CT molecular complexity index is 979. The molecular weight excluding hydrogens is 399 g/mol. The van der Waals surface area contributed by atoms with E-state index < -0.39 is 10.0 Å². The van der Waals surface area contributed by atoms with Gasteiger partial charge in [-0.1, -0.05) is 12.1 Å². The molecule has 1 atom stereocenters. The summed E-state index contributed by atoms with van der Waals surface area (Å²) in [5.41, 5.74) is 0.821. The minimum atomic E-state index is -3.85. The molecule has 1 amide bonds. The fourth-order valence-electron chi connectivity index (χ4n) is 3.25. The monoisotopic (exact) mass is 422 g/mol. The van der Waals surface area contributed by atoms with E-state index in [1.807, 2.05) is 0 Å². The second kappa shape index (κ2) is 8.79. The van der Waals surface area contributed by atoms with Crippen LogP contribution in [0.1, 0.15) is 12.0 Å². The van der Waals surface area contributed by atoms with Crippen molar-refractivity contribution in [2.24, 2.45) is 5.92 Å². The number of hydrogen-bond acceptors (Lipinski definition) is 5. The highest BCUT2D eigenvalue weighted by atomic mass is 32.2. The van der Waals surface area contributed by atoms with Crippen molar-refractivity contribution >= 4 is 15.9 Å². The molecule has 0 saturated carbocycles. The van der Waals surface area contributed by atoms with Crippen LogP contribution in [-0.4, -0.2) is 46.5 Å². The Morgan fingerprint density at radius 2 is 1.86 bits per heavy atom. The third kappa shape index (κ3) is 5.04. The number of benzene rings is 2. The molecule has 7 nitrogen and oxygen atoms in total. The van der Waals surface area contributed by atoms with Crippen LogP contribution in [0.3, 0.4) is 0 Å². The fourth-order valence-corrected chi connectivity index (χ4v) is 4.55. The molecule has 2 aromatic carbocycles. The molecule has 1 heterocycles. The molecule has 0 aromatic heterocycles. The number of carbonyl (C=O) groups is 1. The number of carbonyl (C=O) groups excluding carboxylic acids is 1.